The lowest BCUT2D eigenvalue weighted by atomic mass is 9.92. The maximum Gasteiger partial charge on any atom is 0.305 e. The first-order valence-electron chi connectivity index (χ1n) is 8.90. The van der Waals surface area contributed by atoms with Crippen LogP contribution in [0, 0.1) is 5.92 Å². The van der Waals surface area contributed by atoms with Crippen LogP contribution in [0.4, 0.5) is 0 Å². The van der Waals surface area contributed by atoms with Crippen molar-refractivity contribution in [1.29, 1.82) is 0 Å². The molecule has 1 unspecified atom stereocenters. The summed E-state index contributed by atoms with van der Waals surface area (Å²) in [7, 11) is 0. The molecule has 2 heteroatoms. The Morgan fingerprint density at radius 1 is 0.800 bits per heavy atom. The summed E-state index contributed by atoms with van der Waals surface area (Å²) in [5.74, 6) is 0.748. The number of esters is 1. The fourth-order valence-corrected chi connectivity index (χ4v) is 2.52. The van der Waals surface area contributed by atoms with E-state index in [2.05, 4.69) is 20.8 Å². The summed E-state index contributed by atoms with van der Waals surface area (Å²) in [5, 5.41) is 0. The lowest BCUT2D eigenvalue weighted by Gasteiger charge is -2.16. The van der Waals surface area contributed by atoms with Gasteiger partial charge in [-0.05, 0) is 18.8 Å². The molecule has 1 atom stereocenters. The van der Waals surface area contributed by atoms with Crippen molar-refractivity contribution >= 4 is 5.97 Å². The Balaban J connectivity index is 3.75. The zero-order chi connectivity index (χ0) is 15.1. The molecule has 20 heavy (non-hydrogen) atoms. The van der Waals surface area contributed by atoms with Crippen molar-refractivity contribution in [3.8, 4) is 0 Å². The van der Waals surface area contributed by atoms with E-state index in [1.807, 2.05) is 0 Å². The third-order valence-electron chi connectivity index (χ3n) is 3.96. The molecule has 0 amide bonds. The number of hydrogen-bond acceptors (Lipinski definition) is 2. The van der Waals surface area contributed by atoms with E-state index in [1.165, 1.54) is 51.4 Å². The second-order valence-corrected chi connectivity index (χ2v) is 5.97. The number of ether oxygens (including phenoxy) is 1. The molecule has 2 nitrogen and oxygen atoms in total. The van der Waals surface area contributed by atoms with Crippen molar-refractivity contribution in [3.63, 3.8) is 0 Å². The molecular formula is C18H36O2. The van der Waals surface area contributed by atoms with Crippen LogP contribution in [0.2, 0.25) is 0 Å². The minimum atomic E-state index is -0.00734. The van der Waals surface area contributed by atoms with E-state index in [4.69, 9.17) is 4.74 Å². The standard InChI is InChI=1S/C18H36O2/c1-4-7-10-11-13-17(12-8-5-2)15-16-20-18(19)14-9-6-3/h17H,4-16H2,1-3H3. The minimum absolute atomic E-state index is 0.00734. The summed E-state index contributed by atoms with van der Waals surface area (Å²) in [5.41, 5.74) is 0. The lowest BCUT2D eigenvalue weighted by Crippen LogP contribution is -2.10. The number of carbonyl (C=O) groups is 1. The maximum absolute atomic E-state index is 11.5. The minimum Gasteiger partial charge on any atom is -0.466 e. The van der Waals surface area contributed by atoms with Gasteiger partial charge in [0.25, 0.3) is 0 Å². The Bertz CT molecular complexity index is 213. The molecule has 0 aromatic carbocycles. The number of unbranched alkanes of at least 4 members (excludes halogenated alkanes) is 5. The Hall–Kier alpha value is -0.530. The van der Waals surface area contributed by atoms with Crippen molar-refractivity contribution in [3.05, 3.63) is 0 Å². The first-order chi connectivity index (χ1) is 9.74. The highest BCUT2D eigenvalue weighted by Crippen LogP contribution is 2.20. The summed E-state index contributed by atoms with van der Waals surface area (Å²) >= 11 is 0. The first kappa shape index (κ1) is 19.5. The van der Waals surface area contributed by atoms with Gasteiger partial charge < -0.3 is 4.74 Å². The fraction of sp³-hybridized carbons (Fsp3) is 0.944. The fourth-order valence-electron chi connectivity index (χ4n) is 2.52. The highest BCUT2D eigenvalue weighted by atomic mass is 16.5. The predicted molar refractivity (Wildman–Crippen MR) is 86.9 cm³/mol. The molecule has 0 saturated carbocycles. The van der Waals surface area contributed by atoms with E-state index >= 15 is 0 Å². The molecule has 0 aliphatic heterocycles. The number of hydrogen-bond donors (Lipinski definition) is 0. The predicted octanol–water partition coefficient (Wildman–Crippen LogP) is 5.89. The van der Waals surface area contributed by atoms with Crippen LogP contribution in [0.25, 0.3) is 0 Å². The van der Waals surface area contributed by atoms with Crippen molar-refractivity contribution in [2.45, 2.75) is 97.8 Å². The molecule has 0 saturated heterocycles. The van der Waals surface area contributed by atoms with Crippen molar-refractivity contribution in [2.75, 3.05) is 6.61 Å². The highest BCUT2D eigenvalue weighted by Gasteiger charge is 2.10. The molecule has 0 heterocycles. The SMILES string of the molecule is CCCCCCC(CCCC)CCOC(=O)CCCC. The Morgan fingerprint density at radius 2 is 1.45 bits per heavy atom. The zero-order valence-corrected chi connectivity index (χ0v) is 14.1. The van der Waals surface area contributed by atoms with E-state index in [9.17, 15) is 4.79 Å². The monoisotopic (exact) mass is 284 g/mol. The molecule has 0 N–H and O–H groups in total. The molecule has 0 fully saturated rings. The molecule has 0 spiro atoms. The van der Waals surface area contributed by atoms with Crippen LogP contribution >= 0.6 is 0 Å². The Morgan fingerprint density at radius 3 is 2.10 bits per heavy atom. The van der Waals surface area contributed by atoms with Gasteiger partial charge in [0.15, 0.2) is 0 Å². The van der Waals surface area contributed by atoms with E-state index in [0.717, 1.165) is 25.2 Å². The largest absolute Gasteiger partial charge is 0.466 e. The van der Waals surface area contributed by atoms with Crippen molar-refractivity contribution in [1.82, 2.24) is 0 Å². The van der Waals surface area contributed by atoms with Gasteiger partial charge in [-0.1, -0.05) is 78.6 Å². The van der Waals surface area contributed by atoms with Crippen LogP contribution in [-0.2, 0) is 9.53 Å². The summed E-state index contributed by atoms with van der Waals surface area (Å²) in [6.07, 6.45) is 14.2. The quantitative estimate of drug-likeness (QED) is 0.294. The van der Waals surface area contributed by atoms with Gasteiger partial charge in [0, 0.05) is 6.42 Å². The van der Waals surface area contributed by atoms with Crippen LogP contribution in [0.3, 0.4) is 0 Å². The second-order valence-electron chi connectivity index (χ2n) is 5.97. The molecular weight excluding hydrogens is 248 g/mol. The second kappa shape index (κ2) is 14.9. The van der Waals surface area contributed by atoms with Crippen molar-refractivity contribution < 1.29 is 9.53 Å². The molecule has 120 valence electrons. The average Bonchev–Trinajstić information content (AvgIpc) is 2.46. The Kier molecular flexibility index (Phi) is 14.5. The molecule has 0 bridgehead atoms. The van der Waals surface area contributed by atoms with Crippen molar-refractivity contribution in [2.24, 2.45) is 5.92 Å². The van der Waals surface area contributed by atoms with Gasteiger partial charge in [-0.15, -0.1) is 0 Å². The van der Waals surface area contributed by atoms with E-state index < -0.39 is 0 Å². The normalized spacial score (nSPS) is 12.3. The molecule has 0 radical (unpaired) electrons. The molecule has 0 rings (SSSR count). The van der Waals surface area contributed by atoms with Gasteiger partial charge in [-0.2, -0.15) is 0 Å². The average molecular weight is 284 g/mol. The van der Waals surface area contributed by atoms with Gasteiger partial charge in [-0.3, -0.25) is 4.79 Å². The van der Waals surface area contributed by atoms with Crippen LogP contribution in [0.5, 0.6) is 0 Å². The van der Waals surface area contributed by atoms with E-state index in [0.29, 0.717) is 13.0 Å². The van der Waals surface area contributed by atoms with Gasteiger partial charge in [-0.25, -0.2) is 0 Å². The summed E-state index contributed by atoms with van der Waals surface area (Å²) < 4.78 is 5.34. The highest BCUT2D eigenvalue weighted by molar-refractivity contribution is 5.69. The summed E-state index contributed by atoms with van der Waals surface area (Å²) in [6, 6.07) is 0. The first-order valence-corrected chi connectivity index (χ1v) is 8.90. The summed E-state index contributed by atoms with van der Waals surface area (Å²) in [4.78, 5) is 11.5. The van der Waals surface area contributed by atoms with Crippen LogP contribution < -0.4 is 0 Å². The topological polar surface area (TPSA) is 26.3 Å². The number of carbonyl (C=O) groups excluding carboxylic acids is 1. The third kappa shape index (κ3) is 12.5. The molecule has 0 aromatic heterocycles. The van der Waals surface area contributed by atoms with Crippen LogP contribution in [0.1, 0.15) is 97.8 Å². The summed E-state index contributed by atoms with van der Waals surface area (Å²) in [6.45, 7) is 7.23. The van der Waals surface area contributed by atoms with Gasteiger partial charge in [0.1, 0.15) is 0 Å². The van der Waals surface area contributed by atoms with Gasteiger partial charge in [0.2, 0.25) is 0 Å². The van der Waals surface area contributed by atoms with Crippen LogP contribution in [-0.4, -0.2) is 12.6 Å². The van der Waals surface area contributed by atoms with E-state index in [-0.39, 0.29) is 5.97 Å². The molecule has 0 aromatic rings. The lowest BCUT2D eigenvalue weighted by molar-refractivity contribution is -0.144. The third-order valence-corrected chi connectivity index (χ3v) is 3.96. The van der Waals surface area contributed by atoms with Gasteiger partial charge in [0.05, 0.1) is 6.61 Å². The smallest absolute Gasteiger partial charge is 0.305 e. The molecule has 0 aliphatic rings. The molecule has 0 aliphatic carbocycles. The maximum atomic E-state index is 11.5. The zero-order valence-electron chi connectivity index (χ0n) is 14.1. The van der Waals surface area contributed by atoms with E-state index in [1.54, 1.807) is 0 Å². The Labute approximate surface area is 126 Å². The van der Waals surface area contributed by atoms with Gasteiger partial charge >= 0.3 is 5.97 Å². The van der Waals surface area contributed by atoms with Crippen LogP contribution in [0.15, 0.2) is 0 Å². The number of rotatable bonds is 14.